The average Bonchev–Trinajstić information content (AvgIpc) is 2.76. The zero-order valence-electron chi connectivity index (χ0n) is 19.0. The lowest BCUT2D eigenvalue weighted by molar-refractivity contribution is -0.143. The molecule has 1 rings (SSSR count). The van der Waals surface area contributed by atoms with Gasteiger partial charge in [-0.15, -0.1) is 0 Å². The predicted molar refractivity (Wildman–Crippen MR) is 121 cm³/mol. The van der Waals surface area contributed by atoms with E-state index in [0.29, 0.717) is 13.0 Å². The number of carbonyl (C=O) groups excluding carboxylic acids is 1. The van der Waals surface area contributed by atoms with E-state index < -0.39 is 0 Å². The molecule has 0 unspecified atom stereocenters. The van der Waals surface area contributed by atoms with Crippen LogP contribution in [0.3, 0.4) is 0 Å². The molecule has 1 aliphatic rings. The molecule has 0 saturated carbocycles. The molecule has 0 fully saturated rings. The van der Waals surface area contributed by atoms with Crippen LogP contribution in [-0.2, 0) is 9.53 Å². The zero-order chi connectivity index (χ0) is 22.0. The van der Waals surface area contributed by atoms with Crippen molar-refractivity contribution in [3.63, 3.8) is 0 Å². The lowest BCUT2D eigenvalue weighted by atomic mass is 9.70. The van der Waals surface area contributed by atoms with Crippen LogP contribution in [0.25, 0.3) is 0 Å². The molecule has 4 atom stereocenters. The second kappa shape index (κ2) is 16.7. The Bertz CT molecular complexity index is 612. The standard InChI is InChI=1S/C26H40N2O2/c1-3-5-14-22-17-18-23(25(21-28)24(22)20-27)15-12-10-8-7-9-11-13-16-26(29)30-19-6-4-2/h12,15,17-18,22-25H,3-11,13-14,16,19H2,1-2H3/b15-12-/t22-,23+,24-,25+/m1/s1. The Labute approximate surface area is 184 Å². The molecule has 0 N–H and O–H groups in total. The summed E-state index contributed by atoms with van der Waals surface area (Å²) in [6.07, 6.45) is 20.7. The normalized spacial score (nSPS) is 23.2. The minimum atomic E-state index is -0.241. The number of nitriles is 2. The molecule has 0 heterocycles. The number of nitrogens with zero attached hydrogens (tertiary/aromatic N) is 2. The van der Waals surface area contributed by atoms with Crippen LogP contribution in [0.5, 0.6) is 0 Å². The first-order valence-corrected chi connectivity index (χ1v) is 12.0. The van der Waals surface area contributed by atoms with Crippen LogP contribution in [0.15, 0.2) is 24.3 Å². The Morgan fingerprint density at radius 3 is 2.33 bits per heavy atom. The SMILES string of the molecule is CCCCOC(=O)CCCCCCC/C=C\[C@H]1C=C[C@@H](CCCC)[C@@H](C#N)[C@H]1C#N. The molecule has 166 valence electrons. The maximum absolute atomic E-state index is 11.5. The molecule has 30 heavy (non-hydrogen) atoms. The number of hydrogen-bond acceptors (Lipinski definition) is 4. The fraction of sp³-hybridized carbons (Fsp3) is 0.731. The number of esters is 1. The smallest absolute Gasteiger partial charge is 0.305 e. The first kappa shape index (κ1) is 26.0. The van der Waals surface area contributed by atoms with Crippen molar-refractivity contribution in [3.8, 4) is 12.1 Å². The predicted octanol–water partition coefficient (Wildman–Crippen LogP) is 6.89. The summed E-state index contributed by atoms with van der Waals surface area (Å²) in [6, 6.07) is 4.80. The molecule has 0 radical (unpaired) electrons. The summed E-state index contributed by atoms with van der Waals surface area (Å²) < 4.78 is 5.16. The highest BCUT2D eigenvalue weighted by Crippen LogP contribution is 2.37. The van der Waals surface area contributed by atoms with E-state index in [9.17, 15) is 15.3 Å². The van der Waals surface area contributed by atoms with Crippen molar-refractivity contribution in [2.45, 2.75) is 90.9 Å². The van der Waals surface area contributed by atoms with Crippen LogP contribution in [0.2, 0.25) is 0 Å². The second-order valence-electron chi connectivity index (χ2n) is 8.39. The van der Waals surface area contributed by atoms with E-state index in [4.69, 9.17) is 4.74 Å². The minimum absolute atomic E-state index is 0.0521. The van der Waals surface area contributed by atoms with Gasteiger partial charge in [0.15, 0.2) is 0 Å². The highest BCUT2D eigenvalue weighted by Gasteiger charge is 2.35. The van der Waals surface area contributed by atoms with E-state index >= 15 is 0 Å². The molecule has 4 nitrogen and oxygen atoms in total. The minimum Gasteiger partial charge on any atom is -0.466 e. The van der Waals surface area contributed by atoms with Gasteiger partial charge in [-0.05, 0) is 38.0 Å². The molecule has 0 aliphatic heterocycles. The highest BCUT2D eigenvalue weighted by molar-refractivity contribution is 5.69. The van der Waals surface area contributed by atoms with Gasteiger partial charge >= 0.3 is 5.97 Å². The summed E-state index contributed by atoms with van der Waals surface area (Å²) in [5.74, 6) is -0.235. The fourth-order valence-corrected chi connectivity index (χ4v) is 3.98. The molecular weight excluding hydrogens is 372 g/mol. The third-order valence-corrected chi connectivity index (χ3v) is 5.90. The van der Waals surface area contributed by atoms with Gasteiger partial charge < -0.3 is 4.74 Å². The Balaban J connectivity index is 2.23. The molecule has 0 bridgehead atoms. The van der Waals surface area contributed by atoms with Crippen molar-refractivity contribution in [1.82, 2.24) is 0 Å². The molecule has 0 spiro atoms. The Morgan fingerprint density at radius 1 is 0.933 bits per heavy atom. The van der Waals surface area contributed by atoms with E-state index in [-0.39, 0.29) is 29.6 Å². The van der Waals surface area contributed by atoms with Gasteiger partial charge in [0.25, 0.3) is 0 Å². The van der Waals surface area contributed by atoms with Crippen LogP contribution in [0, 0.1) is 46.3 Å². The third kappa shape index (κ3) is 10.1. The topological polar surface area (TPSA) is 73.9 Å². The monoisotopic (exact) mass is 412 g/mol. The van der Waals surface area contributed by atoms with Crippen LogP contribution in [0.4, 0.5) is 0 Å². The number of carbonyl (C=O) groups is 1. The summed E-state index contributed by atoms with van der Waals surface area (Å²) in [5, 5.41) is 19.2. The van der Waals surface area contributed by atoms with Crippen molar-refractivity contribution in [2.75, 3.05) is 6.61 Å². The largest absolute Gasteiger partial charge is 0.466 e. The van der Waals surface area contributed by atoms with Gasteiger partial charge in [-0.25, -0.2) is 0 Å². The molecular formula is C26H40N2O2. The first-order valence-electron chi connectivity index (χ1n) is 12.0. The Kier molecular flexibility index (Phi) is 14.5. The maximum atomic E-state index is 11.5. The summed E-state index contributed by atoms with van der Waals surface area (Å²) in [6.45, 7) is 4.80. The van der Waals surface area contributed by atoms with Crippen LogP contribution in [0.1, 0.15) is 90.9 Å². The van der Waals surface area contributed by atoms with Gasteiger partial charge in [-0.1, -0.05) is 76.7 Å². The molecule has 0 aromatic heterocycles. The first-order chi connectivity index (χ1) is 14.7. The molecule has 1 aliphatic carbocycles. The summed E-state index contributed by atoms with van der Waals surface area (Å²) in [7, 11) is 0. The van der Waals surface area contributed by atoms with Crippen molar-refractivity contribution in [2.24, 2.45) is 23.7 Å². The lowest BCUT2D eigenvalue weighted by Gasteiger charge is -2.30. The van der Waals surface area contributed by atoms with Gasteiger partial charge in [0.1, 0.15) is 0 Å². The number of rotatable bonds is 15. The van der Waals surface area contributed by atoms with Crippen molar-refractivity contribution in [3.05, 3.63) is 24.3 Å². The number of unbranched alkanes of at least 4 members (excludes halogenated alkanes) is 7. The number of ether oxygens (including phenoxy) is 1. The highest BCUT2D eigenvalue weighted by atomic mass is 16.5. The van der Waals surface area contributed by atoms with Crippen molar-refractivity contribution < 1.29 is 9.53 Å². The van der Waals surface area contributed by atoms with Gasteiger partial charge in [0.05, 0.1) is 30.6 Å². The summed E-state index contributed by atoms with van der Waals surface area (Å²) >= 11 is 0. The zero-order valence-corrected chi connectivity index (χ0v) is 19.0. The van der Waals surface area contributed by atoms with Gasteiger partial charge in [-0.2, -0.15) is 10.5 Å². The maximum Gasteiger partial charge on any atom is 0.305 e. The van der Waals surface area contributed by atoms with Gasteiger partial charge in [-0.3, -0.25) is 4.79 Å². The van der Waals surface area contributed by atoms with E-state index in [1.54, 1.807) is 0 Å². The molecule has 0 amide bonds. The summed E-state index contributed by atoms with van der Waals surface area (Å²) in [4.78, 5) is 11.5. The Hall–Kier alpha value is -2.07. The average molecular weight is 413 g/mol. The van der Waals surface area contributed by atoms with E-state index in [1.807, 2.05) is 0 Å². The molecule has 0 saturated heterocycles. The van der Waals surface area contributed by atoms with Crippen molar-refractivity contribution in [1.29, 1.82) is 10.5 Å². The molecule has 0 aromatic rings. The number of allylic oxidation sites excluding steroid dienone is 4. The summed E-state index contributed by atoms with van der Waals surface area (Å²) in [5.41, 5.74) is 0. The molecule has 0 aromatic carbocycles. The molecule has 4 heteroatoms. The Morgan fingerprint density at radius 2 is 1.63 bits per heavy atom. The lowest BCUT2D eigenvalue weighted by Crippen LogP contribution is -2.29. The van der Waals surface area contributed by atoms with E-state index in [1.165, 1.54) is 0 Å². The van der Waals surface area contributed by atoms with Crippen molar-refractivity contribution >= 4 is 5.97 Å². The second-order valence-corrected chi connectivity index (χ2v) is 8.39. The quantitative estimate of drug-likeness (QED) is 0.167. The van der Waals surface area contributed by atoms with Crippen LogP contribution in [-0.4, -0.2) is 12.6 Å². The third-order valence-electron chi connectivity index (χ3n) is 5.90. The fourth-order valence-electron chi connectivity index (χ4n) is 3.98. The van der Waals surface area contributed by atoms with E-state index in [0.717, 1.165) is 70.6 Å². The van der Waals surface area contributed by atoms with Gasteiger partial charge in [0, 0.05) is 12.3 Å². The number of hydrogen-bond donors (Lipinski definition) is 0. The van der Waals surface area contributed by atoms with Crippen LogP contribution < -0.4 is 0 Å². The van der Waals surface area contributed by atoms with Gasteiger partial charge in [0.2, 0.25) is 0 Å². The van der Waals surface area contributed by atoms with Crippen LogP contribution >= 0.6 is 0 Å². The van der Waals surface area contributed by atoms with E-state index in [2.05, 4.69) is 50.3 Å².